The van der Waals surface area contributed by atoms with Crippen LogP contribution < -0.4 is 0 Å². The zero-order valence-corrected chi connectivity index (χ0v) is 21.4. The number of carbonyl (C=O) groups excluding carboxylic acids is 1. The topological polar surface area (TPSA) is 81.5 Å². The molecule has 0 radical (unpaired) electrons. The third kappa shape index (κ3) is 5.98. The molecule has 182 valence electrons. The highest BCUT2D eigenvalue weighted by Gasteiger charge is 2.26. The first kappa shape index (κ1) is 25.8. The van der Waals surface area contributed by atoms with Crippen molar-refractivity contribution in [3.05, 3.63) is 66.4 Å². The second-order valence-corrected chi connectivity index (χ2v) is 11.8. The SMILES string of the molecule is CCSc1cncc(S(=O)(=O)n2cc(CN(C)C(=O)OC(C)(C)C)cc2-c2ccccc2F)c1. The van der Waals surface area contributed by atoms with Gasteiger partial charge in [-0.05, 0) is 56.4 Å². The monoisotopic (exact) mass is 505 g/mol. The minimum atomic E-state index is -4.10. The number of hydrogen-bond acceptors (Lipinski definition) is 6. The molecular weight excluding hydrogens is 477 g/mol. The van der Waals surface area contributed by atoms with E-state index in [-0.39, 0.29) is 22.7 Å². The lowest BCUT2D eigenvalue weighted by atomic mass is 10.1. The Morgan fingerprint density at radius 1 is 1.21 bits per heavy atom. The number of thioether (sulfide) groups is 1. The summed E-state index contributed by atoms with van der Waals surface area (Å²) in [7, 11) is -2.55. The lowest BCUT2D eigenvalue weighted by Gasteiger charge is -2.24. The van der Waals surface area contributed by atoms with Gasteiger partial charge in [0.1, 0.15) is 16.3 Å². The van der Waals surface area contributed by atoms with Gasteiger partial charge in [-0.1, -0.05) is 19.1 Å². The van der Waals surface area contributed by atoms with Crippen LogP contribution in [0.5, 0.6) is 0 Å². The number of aromatic nitrogens is 2. The molecule has 0 saturated heterocycles. The summed E-state index contributed by atoms with van der Waals surface area (Å²) >= 11 is 1.47. The highest BCUT2D eigenvalue weighted by Crippen LogP contribution is 2.30. The van der Waals surface area contributed by atoms with Gasteiger partial charge in [-0.2, -0.15) is 0 Å². The normalized spacial score (nSPS) is 11.9. The van der Waals surface area contributed by atoms with E-state index in [0.717, 1.165) is 9.73 Å². The predicted molar refractivity (Wildman–Crippen MR) is 131 cm³/mol. The van der Waals surface area contributed by atoms with Crippen LogP contribution in [0.1, 0.15) is 33.3 Å². The maximum atomic E-state index is 14.7. The lowest BCUT2D eigenvalue weighted by Crippen LogP contribution is -2.33. The largest absolute Gasteiger partial charge is 0.444 e. The van der Waals surface area contributed by atoms with Gasteiger partial charge in [0.2, 0.25) is 0 Å². The zero-order chi connectivity index (χ0) is 25.1. The summed E-state index contributed by atoms with van der Waals surface area (Å²) < 4.78 is 48.3. The van der Waals surface area contributed by atoms with Crippen molar-refractivity contribution in [3.63, 3.8) is 0 Å². The number of carbonyl (C=O) groups is 1. The van der Waals surface area contributed by atoms with Crippen LogP contribution in [0.15, 0.2) is 64.8 Å². The van der Waals surface area contributed by atoms with Crippen molar-refractivity contribution in [1.82, 2.24) is 13.9 Å². The summed E-state index contributed by atoms with van der Waals surface area (Å²) in [4.78, 5) is 18.5. The molecule has 0 fully saturated rings. The van der Waals surface area contributed by atoms with Crippen molar-refractivity contribution in [1.29, 1.82) is 0 Å². The van der Waals surface area contributed by atoms with Gasteiger partial charge in [-0.3, -0.25) is 4.98 Å². The molecule has 0 N–H and O–H groups in total. The Kier molecular flexibility index (Phi) is 7.72. The third-order valence-electron chi connectivity index (χ3n) is 4.67. The van der Waals surface area contributed by atoms with Gasteiger partial charge in [0.05, 0.1) is 12.2 Å². The summed E-state index contributed by atoms with van der Waals surface area (Å²) in [6, 6.07) is 9.07. The summed E-state index contributed by atoms with van der Waals surface area (Å²) in [6.45, 7) is 7.32. The number of nitrogens with zero attached hydrogens (tertiary/aromatic N) is 3. The quantitative estimate of drug-likeness (QED) is 0.400. The molecule has 0 unspecified atom stereocenters. The van der Waals surface area contributed by atoms with Crippen LogP contribution in [0.4, 0.5) is 9.18 Å². The van der Waals surface area contributed by atoms with E-state index in [2.05, 4.69) is 4.98 Å². The number of amides is 1. The number of hydrogen-bond donors (Lipinski definition) is 0. The molecule has 0 aliphatic rings. The molecule has 2 heterocycles. The van der Waals surface area contributed by atoms with E-state index in [1.807, 2.05) is 6.92 Å². The summed E-state index contributed by atoms with van der Waals surface area (Å²) in [5, 5.41) is 0. The van der Waals surface area contributed by atoms with E-state index in [4.69, 9.17) is 4.74 Å². The minimum Gasteiger partial charge on any atom is -0.444 e. The first-order chi connectivity index (χ1) is 15.9. The summed E-state index contributed by atoms with van der Waals surface area (Å²) in [6.07, 6.45) is 3.72. The van der Waals surface area contributed by atoms with Crippen LogP contribution >= 0.6 is 11.8 Å². The van der Waals surface area contributed by atoms with E-state index in [1.54, 1.807) is 52.2 Å². The number of ether oxygens (including phenoxy) is 1. The van der Waals surface area contributed by atoms with Crippen molar-refractivity contribution in [2.24, 2.45) is 0 Å². The van der Waals surface area contributed by atoms with Gasteiger partial charge in [-0.15, -0.1) is 11.8 Å². The Bertz CT molecular complexity index is 1280. The molecule has 0 spiro atoms. The van der Waals surface area contributed by atoms with E-state index in [0.29, 0.717) is 10.5 Å². The maximum Gasteiger partial charge on any atom is 0.410 e. The molecule has 10 heteroatoms. The molecule has 0 saturated carbocycles. The first-order valence-corrected chi connectivity index (χ1v) is 13.1. The van der Waals surface area contributed by atoms with Gasteiger partial charge >= 0.3 is 6.09 Å². The second kappa shape index (κ2) is 10.2. The first-order valence-electron chi connectivity index (χ1n) is 10.7. The van der Waals surface area contributed by atoms with Crippen LogP contribution in [0.3, 0.4) is 0 Å². The average molecular weight is 506 g/mol. The van der Waals surface area contributed by atoms with E-state index in [9.17, 15) is 17.6 Å². The van der Waals surface area contributed by atoms with Gasteiger partial charge in [0.15, 0.2) is 0 Å². The molecule has 34 heavy (non-hydrogen) atoms. The fraction of sp³-hybridized carbons (Fsp3) is 0.333. The van der Waals surface area contributed by atoms with Crippen molar-refractivity contribution >= 4 is 27.9 Å². The molecule has 0 atom stereocenters. The Balaban J connectivity index is 2.07. The highest BCUT2D eigenvalue weighted by molar-refractivity contribution is 7.99. The smallest absolute Gasteiger partial charge is 0.410 e. The van der Waals surface area contributed by atoms with Gasteiger partial charge in [0, 0.05) is 36.1 Å². The maximum absolute atomic E-state index is 14.7. The van der Waals surface area contributed by atoms with Crippen molar-refractivity contribution in [3.8, 4) is 11.3 Å². The Morgan fingerprint density at radius 2 is 1.91 bits per heavy atom. The van der Waals surface area contributed by atoms with E-state index >= 15 is 0 Å². The molecule has 0 bridgehead atoms. The van der Waals surface area contributed by atoms with Crippen molar-refractivity contribution < 1.29 is 22.3 Å². The second-order valence-electron chi connectivity index (χ2n) is 8.64. The molecule has 2 aromatic heterocycles. The Labute approximate surface area is 204 Å². The predicted octanol–water partition coefficient (Wildman–Crippen LogP) is 5.41. The van der Waals surface area contributed by atoms with E-state index < -0.39 is 27.5 Å². The molecular formula is C24H28FN3O4S2. The highest BCUT2D eigenvalue weighted by atomic mass is 32.2. The van der Waals surface area contributed by atoms with Crippen LogP contribution in [-0.2, 0) is 21.3 Å². The van der Waals surface area contributed by atoms with Crippen LogP contribution in [-0.4, -0.2) is 46.8 Å². The number of pyridine rings is 1. The Hall–Kier alpha value is -2.85. The number of rotatable bonds is 7. The number of halogens is 1. The zero-order valence-electron chi connectivity index (χ0n) is 19.8. The standard InChI is InChI=1S/C24H28FN3O4S2/c1-6-33-18-12-19(14-26-13-18)34(30,31)28-16-17(15-27(5)23(29)32-24(2,3)4)11-22(28)20-9-7-8-10-21(20)25/h7-14,16H,6,15H2,1-5H3. The van der Waals surface area contributed by atoms with Crippen molar-refractivity contribution in [2.75, 3.05) is 12.8 Å². The van der Waals surface area contributed by atoms with Crippen LogP contribution in [0.25, 0.3) is 11.3 Å². The van der Waals surface area contributed by atoms with Gasteiger partial charge in [-0.25, -0.2) is 21.6 Å². The van der Waals surface area contributed by atoms with Crippen LogP contribution in [0, 0.1) is 5.82 Å². The minimum absolute atomic E-state index is 0.00816. The van der Waals surface area contributed by atoms with Crippen LogP contribution in [0.2, 0.25) is 0 Å². The Morgan fingerprint density at radius 3 is 2.56 bits per heavy atom. The fourth-order valence-corrected chi connectivity index (χ4v) is 5.36. The molecule has 1 aromatic carbocycles. The van der Waals surface area contributed by atoms with E-state index in [1.165, 1.54) is 47.3 Å². The molecule has 0 aliphatic carbocycles. The molecule has 0 aliphatic heterocycles. The van der Waals surface area contributed by atoms with Crippen molar-refractivity contribution in [2.45, 2.75) is 49.6 Å². The molecule has 1 amide bonds. The molecule has 3 rings (SSSR count). The fourth-order valence-electron chi connectivity index (χ4n) is 3.22. The average Bonchev–Trinajstić information content (AvgIpc) is 3.17. The number of benzene rings is 1. The molecule has 3 aromatic rings. The van der Waals surface area contributed by atoms with Gasteiger partial charge < -0.3 is 9.64 Å². The lowest BCUT2D eigenvalue weighted by molar-refractivity contribution is 0.0285. The summed E-state index contributed by atoms with van der Waals surface area (Å²) in [5.74, 6) is 0.202. The molecule has 7 nitrogen and oxygen atoms in total. The van der Waals surface area contributed by atoms with Gasteiger partial charge in [0.25, 0.3) is 10.0 Å². The summed E-state index contributed by atoms with van der Waals surface area (Å²) in [5.41, 5.74) is 0.110. The third-order valence-corrected chi connectivity index (χ3v) is 7.16.